The molecular weight excluding hydrogens is 132 g/mol. The topological polar surface area (TPSA) is 89.6 Å². The lowest BCUT2D eigenvalue weighted by molar-refractivity contribution is -0.104. The van der Waals surface area contributed by atoms with Crippen molar-refractivity contribution in [1.82, 2.24) is 0 Å². The summed E-state index contributed by atoms with van der Waals surface area (Å²) in [5.41, 5.74) is 8.02. The number of carbonyl (C=O) groups is 1. The molecule has 0 aliphatic carbocycles. The van der Waals surface area contributed by atoms with Gasteiger partial charge in [-0.15, -0.1) is 0 Å². The van der Waals surface area contributed by atoms with Gasteiger partial charge in [-0.1, -0.05) is 5.11 Å². The Morgan fingerprint density at radius 2 is 2.60 bits per heavy atom. The molecule has 0 spiro atoms. The second kappa shape index (κ2) is 5.35. The molecule has 0 N–H and O–H groups in total. The maximum atomic E-state index is 9.80. The van der Waals surface area contributed by atoms with Crippen LogP contribution >= 0.6 is 0 Å². The van der Waals surface area contributed by atoms with Crippen LogP contribution < -0.4 is 0 Å². The van der Waals surface area contributed by atoms with Crippen molar-refractivity contribution in [3.05, 3.63) is 22.2 Å². The number of aldehydes is 1. The van der Waals surface area contributed by atoms with Crippen LogP contribution in [0.25, 0.3) is 10.4 Å². The van der Waals surface area contributed by atoms with Gasteiger partial charge < -0.3 is 0 Å². The number of carbonyl (C=O) groups excluding carboxylic acids is 1. The van der Waals surface area contributed by atoms with Gasteiger partial charge in [0, 0.05) is 10.6 Å². The van der Waals surface area contributed by atoms with Gasteiger partial charge in [0.25, 0.3) is 0 Å². The molecule has 0 aliphatic heterocycles. The quantitative estimate of drug-likeness (QED) is 0.192. The van der Waals surface area contributed by atoms with E-state index in [0.29, 0.717) is 6.29 Å². The first-order chi connectivity index (χ1) is 4.85. The summed E-state index contributed by atoms with van der Waals surface area (Å²) < 4.78 is 0. The van der Waals surface area contributed by atoms with Gasteiger partial charge in [-0.3, -0.25) is 4.79 Å². The van der Waals surface area contributed by atoms with Crippen LogP contribution in [0.2, 0.25) is 0 Å². The van der Waals surface area contributed by atoms with Crippen molar-refractivity contribution < 1.29 is 4.79 Å². The summed E-state index contributed by atoms with van der Waals surface area (Å²) in [6.07, 6.45) is 1.49. The zero-order chi connectivity index (χ0) is 7.82. The van der Waals surface area contributed by atoms with Gasteiger partial charge in [0.1, 0.15) is 6.29 Å². The Bertz CT molecular complexity index is 231. The van der Waals surface area contributed by atoms with Crippen LogP contribution in [-0.2, 0) is 4.79 Å². The fourth-order valence-electron chi connectivity index (χ4n) is 0.345. The number of rotatable bonds is 3. The van der Waals surface area contributed by atoms with Gasteiger partial charge in [0.15, 0.2) is 0 Å². The summed E-state index contributed by atoms with van der Waals surface area (Å²) in [4.78, 5) is 12.2. The lowest BCUT2D eigenvalue weighted by atomic mass is 10.3. The summed E-state index contributed by atoms with van der Waals surface area (Å²) in [6, 6.07) is 1.75. The van der Waals surface area contributed by atoms with Crippen LogP contribution in [0, 0.1) is 11.3 Å². The van der Waals surface area contributed by atoms with Crippen molar-refractivity contribution in [2.75, 3.05) is 0 Å². The Labute approximate surface area is 57.2 Å². The predicted molar refractivity (Wildman–Crippen MR) is 33.5 cm³/mol. The normalized spacial score (nSPS) is 9.30. The van der Waals surface area contributed by atoms with E-state index in [0.717, 1.165) is 6.08 Å². The van der Waals surface area contributed by atoms with E-state index < -0.39 is 0 Å². The minimum atomic E-state index is -0.0389. The Morgan fingerprint density at radius 1 is 1.90 bits per heavy atom. The number of hydrogen-bond donors (Lipinski definition) is 0. The van der Waals surface area contributed by atoms with Crippen molar-refractivity contribution in [3.63, 3.8) is 0 Å². The van der Waals surface area contributed by atoms with E-state index in [1.54, 1.807) is 6.07 Å². The molecule has 0 fully saturated rings. The van der Waals surface area contributed by atoms with Crippen molar-refractivity contribution in [3.8, 4) is 6.07 Å². The first-order valence-corrected chi connectivity index (χ1v) is 2.41. The molecule has 0 unspecified atom stereocenters. The second-order valence-electron chi connectivity index (χ2n) is 1.32. The Kier molecular flexibility index (Phi) is 4.39. The molecule has 0 aromatic heterocycles. The fraction of sp³-hybridized carbons (Fsp3) is 0.200. The SMILES string of the molecule is N#CC/C(=C\C=O)N=[N+]=[N-]. The lowest BCUT2D eigenvalue weighted by Gasteiger charge is -1.83. The first-order valence-electron chi connectivity index (χ1n) is 2.41. The molecule has 5 nitrogen and oxygen atoms in total. The molecule has 10 heavy (non-hydrogen) atoms. The average molecular weight is 136 g/mol. The summed E-state index contributed by atoms with van der Waals surface area (Å²) in [5, 5.41) is 11.2. The zero-order valence-electron chi connectivity index (χ0n) is 5.06. The van der Waals surface area contributed by atoms with Gasteiger partial charge in [-0.05, 0) is 11.6 Å². The number of azide groups is 1. The van der Waals surface area contributed by atoms with Crippen LogP contribution in [0.4, 0.5) is 0 Å². The Hall–Kier alpha value is -1.79. The number of allylic oxidation sites excluding steroid dienone is 2. The van der Waals surface area contributed by atoms with Crippen LogP contribution in [0.1, 0.15) is 6.42 Å². The molecule has 50 valence electrons. The molecule has 0 atom stereocenters. The largest absolute Gasteiger partial charge is 0.299 e. The Balaban J connectivity index is 4.27. The predicted octanol–water partition coefficient (Wildman–Crippen LogP) is 1.29. The summed E-state index contributed by atoms with van der Waals surface area (Å²) in [7, 11) is 0. The van der Waals surface area contributed by atoms with Crippen molar-refractivity contribution in [2.24, 2.45) is 5.11 Å². The molecule has 0 aliphatic rings. The molecule has 5 heteroatoms. The van der Waals surface area contributed by atoms with Crippen LogP contribution in [0.15, 0.2) is 16.9 Å². The summed E-state index contributed by atoms with van der Waals surface area (Å²) >= 11 is 0. The minimum absolute atomic E-state index is 0.0389. The van der Waals surface area contributed by atoms with Crippen LogP contribution in [0.5, 0.6) is 0 Å². The third kappa shape index (κ3) is 3.24. The summed E-state index contributed by atoms with van der Waals surface area (Å²) in [5.74, 6) is 0. The van der Waals surface area contributed by atoms with E-state index in [-0.39, 0.29) is 12.1 Å². The molecule has 0 aromatic carbocycles. The van der Waals surface area contributed by atoms with Gasteiger partial charge in [0.05, 0.1) is 12.5 Å². The van der Waals surface area contributed by atoms with E-state index in [2.05, 4.69) is 10.0 Å². The molecule has 0 saturated heterocycles. The van der Waals surface area contributed by atoms with E-state index in [4.69, 9.17) is 10.8 Å². The van der Waals surface area contributed by atoms with Gasteiger partial charge in [-0.25, -0.2) is 0 Å². The zero-order valence-corrected chi connectivity index (χ0v) is 5.06. The molecule has 0 bridgehead atoms. The third-order valence-corrected chi connectivity index (χ3v) is 0.694. The van der Waals surface area contributed by atoms with Crippen LogP contribution in [-0.4, -0.2) is 6.29 Å². The first kappa shape index (κ1) is 8.21. The molecular formula is C5H4N4O. The minimum Gasteiger partial charge on any atom is -0.299 e. The van der Waals surface area contributed by atoms with Crippen LogP contribution in [0.3, 0.4) is 0 Å². The highest BCUT2D eigenvalue weighted by Crippen LogP contribution is 1.99. The van der Waals surface area contributed by atoms with Gasteiger partial charge in [-0.2, -0.15) is 5.26 Å². The summed E-state index contributed by atoms with van der Waals surface area (Å²) in [6.45, 7) is 0. The second-order valence-corrected chi connectivity index (χ2v) is 1.32. The van der Waals surface area contributed by atoms with Crippen molar-refractivity contribution in [2.45, 2.75) is 6.42 Å². The van der Waals surface area contributed by atoms with Crippen molar-refractivity contribution >= 4 is 6.29 Å². The smallest absolute Gasteiger partial charge is 0.143 e. The maximum Gasteiger partial charge on any atom is 0.143 e. The molecule has 0 aromatic rings. The number of nitrogens with zero attached hydrogens (tertiary/aromatic N) is 4. The Morgan fingerprint density at radius 3 is 3.00 bits per heavy atom. The van der Waals surface area contributed by atoms with E-state index in [9.17, 15) is 4.79 Å². The molecule has 0 radical (unpaired) electrons. The molecule has 0 rings (SSSR count). The number of hydrogen-bond acceptors (Lipinski definition) is 3. The van der Waals surface area contributed by atoms with E-state index >= 15 is 0 Å². The lowest BCUT2D eigenvalue weighted by Crippen LogP contribution is -1.74. The van der Waals surface area contributed by atoms with Gasteiger partial charge >= 0.3 is 0 Å². The van der Waals surface area contributed by atoms with Crippen molar-refractivity contribution in [1.29, 1.82) is 5.26 Å². The highest BCUT2D eigenvalue weighted by atomic mass is 16.1. The number of nitriles is 1. The molecule has 0 amide bonds. The van der Waals surface area contributed by atoms with E-state index in [1.807, 2.05) is 0 Å². The average Bonchev–Trinajstić information content (AvgIpc) is 1.90. The fourth-order valence-corrected chi connectivity index (χ4v) is 0.345. The molecule has 0 heterocycles. The highest BCUT2D eigenvalue weighted by molar-refractivity contribution is 5.66. The third-order valence-electron chi connectivity index (χ3n) is 0.694. The maximum absolute atomic E-state index is 9.80. The monoisotopic (exact) mass is 136 g/mol. The molecule has 0 saturated carbocycles. The van der Waals surface area contributed by atoms with Gasteiger partial charge in [0.2, 0.25) is 0 Å². The van der Waals surface area contributed by atoms with E-state index in [1.165, 1.54) is 0 Å². The highest BCUT2D eigenvalue weighted by Gasteiger charge is 1.88. The standard InChI is InChI=1S/C5H4N4O/c6-3-1-5(2-4-10)8-9-7/h2,4H,1H2/b5-2+.